The van der Waals surface area contributed by atoms with Gasteiger partial charge in [-0.3, -0.25) is 14.5 Å². The van der Waals surface area contributed by atoms with Crippen molar-refractivity contribution in [2.75, 3.05) is 26.2 Å². The van der Waals surface area contributed by atoms with Gasteiger partial charge < -0.3 is 15.7 Å². The number of carbonyl (C=O) groups excluding carboxylic acids is 2. The molecule has 1 aromatic rings. The van der Waals surface area contributed by atoms with E-state index in [2.05, 4.69) is 24.8 Å². The first-order valence-electron chi connectivity index (χ1n) is 12.0. The number of benzene rings is 1. The number of hydrogen-bond donors (Lipinski definition) is 2. The fraction of sp³-hybridized carbons (Fsp3) is 0.680. The van der Waals surface area contributed by atoms with E-state index in [-0.39, 0.29) is 11.8 Å². The Morgan fingerprint density at radius 3 is 2.45 bits per heavy atom. The fourth-order valence-electron chi connectivity index (χ4n) is 5.58. The zero-order valence-corrected chi connectivity index (χ0v) is 19.1. The van der Waals surface area contributed by atoms with Crippen LogP contribution < -0.4 is 5.73 Å². The van der Waals surface area contributed by atoms with Crippen molar-refractivity contribution in [2.45, 2.75) is 76.8 Å². The lowest BCUT2D eigenvalue weighted by atomic mass is 9.84. The molecule has 6 nitrogen and oxygen atoms in total. The van der Waals surface area contributed by atoms with Gasteiger partial charge in [-0.05, 0) is 61.6 Å². The van der Waals surface area contributed by atoms with Crippen LogP contribution in [0.5, 0.6) is 0 Å². The van der Waals surface area contributed by atoms with Crippen LogP contribution in [0, 0.1) is 5.92 Å². The van der Waals surface area contributed by atoms with Crippen LogP contribution in [0.3, 0.4) is 0 Å². The van der Waals surface area contributed by atoms with Gasteiger partial charge in [0, 0.05) is 37.3 Å². The molecule has 172 valence electrons. The molecule has 2 amide bonds. The van der Waals surface area contributed by atoms with Crippen LogP contribution in [0.4, 0.5) is 0 Å². The van der Waals surface area contributed by atoms with Gasteiger partial charge in [0.05, 0.1) is 0 Å². The molecule has 0 spiro atoms. The SMILES string of the molecule is CCC(CC)CN(CCCN1[C@@H]2CC[C@H]1C[C@@H](c1cccc(C(N)=O)c1)C2)C(=O)CO. The molecule has 2 aliphatic heterocycles. The second-order valence-corrected chi connectivity index (χ2v) is 9.31. The lowest BCUT2D eigenvalue weighted by Gasteiger charge is -2.39. The van der Waals surface area contributed by atoms with Crippen molar-refractivity contribution in [3.8, 4) is 0 Å². The second kappa shape index (κ2) is 11.1. The average Bonchev–Trinajstić information content (AvgIpc) is 3.02. The van der Waals surface area contributed by atoms with Crippen LogP contribution in [0.15, 0.2) is 24.3 Å². The fourth-order valence-corrected chi connectivity index (χ4v) is 5.58. The summed E-state index contributed by atoms with van der Waals surface area (Å²) >= 11 is 0. The van der Waals surface area contributed by atoms with Crippen molar-refractivity contribution in [3.63, 3.8) is 0 Å². The van der Waals surface area contributed by atoms with Crippen molar-refractivity contribution in [3.05, 3.63) is 35.4 Å². The molecule has 31 heavy (non-hydrogen) atoms. The zero-order chi connectivity index (χ0) is 22.4. The molecule has 0 aromatic heterocycles. The van der Waals surface area contributed by atoms with Crippen LogP contribution in [-0.4, -0.2) is 65.0 Å². The largest absolute Gasteiger partial charge is 0.387 e. The summed E-state index contributed by atoms with van der Waals surface area (Å²) in [4.78, 5) is 28.3. The van der Waals surface area contributed by atoms with Gasteiger partial charge in [-0.15, -0.1) is 0 Å². The minimum atomic E-state index is -0.402. The maximum absolute atomic E-state index is 12.2. The van der Waals surface area contributed by atoms with Crippen molar-refractivity contribution >= 4 is 11.8 Å². The maximum atomic E-state index is 12.2. The zero-order valence-electron chi connectivity index (χ0n) is 19.1. The Kier molecular flexibility index (Phi) is 8.50. The number of fused-ring (bicyclic) bond motifs is 2. The Bertz CT molecular complexity index is 735. The molecule has 3 atom stereocenters. The standard InChI is InChI=1S/C25H39N3O3/c1-3-18(4-2)16-27(24(30)17-29)11-6-12-28-22-9-10-23(28)15-21(14-22)19-7-5-8-20(13-19)25(26)31/h5,7-8,13,18,21-23,29H,3-4,6,9-12,14-17H2,1-2H3,(H2,26,31)/t21-,22+,23-. The number of piperidine rings is 1. The van der Waals surface area contributed by atoms with Crippen LogP contribution >= 0.6 is 0 Å². The van der Waals surface area contributed by atoms with Gasteiger partial charge in [0.15, 0.2) is 0 Å². The van der Waals surface area contributed by atoms with Crippen LogP contribution in [0.2, 0.25) is 0 Å². The molecule has 6 heteroatoms. The smallest absolute Gasteiger partial charge is 0.248 e. The molecule has 2 heterocycles. The summed E-state index contributed by atoms with van der Waals surface area (Å²) in [7, 11) is 0. The normalized spacial score (nSPS) is 23.3. The van der Waals surface area contributed by atoms with Crippen LogP contribution in [0.1, 0.15) is 80.6 Å². The monoisotopic (exact) mass is 429 g/mol. The highest BCUT2D eigenvalue weighted by atomic mass is 16.3. The van der Waals surface area contributed by atoms with Crippen molar-refractivity contribution in [1.82, 2.24) is 9.80 Å². The molecule has 2 fully saturated rings. The first kappa shape index (κ1) is 23.7. The third kappa shape index (κ3) is 5.86. The van der Waals surface area contributed by atoms with Crippen LogP contribution in [0.25, 0.3) is 0 Å². The number of amides is 2. The first-order valence-corrected chi connectivity index (χ1v) is 12.0. The molecule has 2 bridgehead atoms. The highest BCUT2D eigenvalue weighted by Gasteiger charge is 2.40. The summed E-state index contributed by atoms with van der Waals surface area (Å²) in [5, 5.41) is 9.37. The molecule has 0 radical (unpaired) electrons. The molecular formula is C25H39N3O3. The molecule has 2 saturated heterocycles. The molecule has 0 aliphatic carbocycles. The predicted octanol–water partition coefficient (Wildman–Crippen LogP) is 3.14. The lowest BCUT2D eigenvalue weighted by molar-refractivity contribution is -0.135. The summed E-state index contributed by atoms with van der Waals surface area (Å²) in [6.07, 6.45) is 7.74. The van der Waals surface area contributed by atoms with Gasteiger partial charge in [-0.25, -0.2) is 0 Å². The Hall–Kier alpha value is -1.92. The topological polar surface area (TPSA) is 86.9 Å². The molecular weight excluding hydrogens is 390 g/mol. The number of nitrogens with zero attached hydrogens (tertiary/aromatic N) is 2. The Morgan fingerprint density at radius 1 is 1.19 bits per heavy atom. The van der Waals surface area contributed by atoms with Gasteiger partial charge in [-0.1, -0.05) is 38.8 Å². The first-order chi connectivity index (χ1) is 15.0. The molecule has 3 N–H and O–H groups in total. The lowest BCUT2D eigenvalue weighted by Crippen LogP contribution is -2.44. The summed E-state index contributed by atoms with van der Waals surface area (Å²) in [5.41, 5.74) is 7.30. The third-order valence-corrected chi connectivity index (χ3v) is 7.49. The minimum Gasteiger partial charge on any atom is -0.387 e. The Balaban J connectivity index is 1.55. The number of nitrogens with two attached hydrogens (primary N) is 1. The van der Waals surface area contributed by atoms with Gasteiger partial charge in [-0.2, -0.15) is 0 Å². The van der Waals surface area contributed by atoms with E-state index in [1.807, 2.05) is 17.0 Å². The number of primary amides is 1. The molecule has 2 aliphatic rings. The number of aliphatic hydroxyl groups excluding tert-OH is 1. The van der Waals surface area contributed by atoms with E-state index in [1.165, 1.54) is 18.4 Å². The average molecular weight is 430 g/mol. The van der Waals surface area contributed by atoms with Crippen molar-refractivity contribution < 1.29 is 14.7 Å². The van der Waals surface area contributed by atoms with E-state index in [9.17, 15) is 14.7 Å². The van der Waals surface area contributed by atoms with Crippen molar-refractivity contribution in [2.24, 2.45) is 11.7 Å². The molecule has 0 unspecified atom stereocenters. The minimum absolute atomic E-state index is 0.150. The quantitative estimate of drug-likeness (QED) is 0.566. The summed E-state index contributed by atoms with van der Waals surface area (Å²) in [5.74, 6) is 0.467. The van der Waals surface area contributed by atoms with Crippen LogP contribution in [-0.2, 0) is 4.79 Å². The third-order valence-electron chi connectivity index (χ3n) is 7.49. The van der Waals surface area contributed by atoms with Gasteiger partial charge in [0.25, 0.3) is 0 Å². The number of aliphatic hydroxyl groups is 1. The van der Waals surface area contributed by atoms with E-state index in [4.69, 9.17) is 5.73 Å². The summed E-state index contributed by atoms with van der Waals surface area (Å²) in [6.45, 7) is 6.39. The summed E-state index contributed by atoms with van der Waals surface area (Å²) < 4.78 is 0. The maximum Gasteiger partial charge on any atom is 0.248 e. The van der Waals surface area contributed by atoms with E-state index in [0.29, 0.717) is 29.5 Å². The van der Waals surface area contributed by atoms with Gasteiger partial charge >= 0.3 is 0 Å². The van der Waals surface area contributed by atoms with Gasteiger partial charge in [0.2, 0.25) is 11.8 Å². The number of hydrogen-bond acceptors (Lipinski definition) is 4. The predicted molar refractivity (Wildman–Crippen MR) is 123 cm³/mol. The highest BCUT2D eigenvalue weighted by molar-refractivity contribution is 5.92. The van der Waals surface area contributed by atoms with E-state index < -0.39 is 6.61 Å². The number of carbonyl (C=O) groups is 2. The van der Waals surface area contributed by atoms with E-state index in [0.717, 1.165) is 51.7 Å². The second-order valence-electron chi connectivity index (χ2n) is 9.31. The Labute approximate surface area is 186 Å². The number of rotatable bonds is 11. The van der Waals surface area contributed by atoms with E-state index in [1.54, 1.807) is 6.07 Å². The Morgan fingerprint density at radius 2 is 1.87 bits per heavy atom. The van der Waals surface area contributed by atoms with E-state index >= 15 is 0 Å². The highest BCUT2D eigenvalue weighted by Crippen LogP contribution is 2.43. The van der Waals surface area contributed by atoms with Gasteiger partial charge in [0.1, 0.15) is 6.61 Å². The molecule has 0 saturated carbocycles. The summed E-state index contributed by atoms with van der Waals surface area (Å²) in [6, 6.07) is 8.97. The van der Waals surface area contributed by atoms with Crippen molar-refractivity contribution in [1.29, 1.82) is 0 Å². The molecule has 1 aromatic carbocycles. The molecule has 3 rings (SSSR count).